The summed E-state index contributed by atoms with van der Waals surface area (Å²) in [5, 5.41) is 5.36. The first kappa shape index (κ1) is 27.4. The third-order valence-corrected chi connectivity index (χ3v) is 8.22. The Morgan fingerprint density at radius 2 is 1.80 bits per heavy atom. The SMILES string of the molecule is COc1ccccc1Cc1nc2ccc(-c3nc4sccn4c3-c3ccnc(Nc4ccc(N(C)C)cc4OC)n3)cc2[nH]1. The van der Waals surface area contributed by atoms with Crippen molar-refractivity contribution < 1.29 is 9.47 Å². The van der Waals surface area contributed by atoms with Crippen LogP contribution in [-0.4, -0.2) is 57.6 Å². The van der Waals surface area contributed by atoms with Gasteiger partial charge in [0.15, 0.2) is 4.96 Å². The van der Waals surface area contributed by atoms with Gasteiger partial charge in [0, 0.05) is 61.2 Å². The molecule has 7 aromatic rings. The number of hydrogen-bond acceptors (Lipinski definition) is 9. The van der Waals surface area contributed by atoms with Crippen LogP contribution in [0.2, 0.25) is 0 Å². The van der Waals surface area contributed by atoms with E-state index in [-0.39, 0.29) is 0 Å². The number of hydrogen-bond donors (Lipinski definition) is 2. The van der Waals surface area contributed by atoms with Gasteiger partial charge in [0.25, 0.3) is 0 Å². The van der Waals surface area contributed by atoms with E-state index in [1.807, 2.05) is 79.1 Å². The highest BCUT2D eigenvalue weighted by Crippen LogP contribution is 2.36. The number of benzene rings is 3. The zero-order chi connectivity index (χ0) is 30.2. The van der Waals surface area contributed by atoms with Crippen LogP contribution in [0.3, 0.4) is 0 Å². The van der Waals surface area contributed by atoms with Crippen molar-refractivity contribution in [2.75, 3.05) is 38.5 Å². The molecule has 0 fully saturated rings. The lowest BCUT2D eigenvalue weighted by Gasteiger charge is -2.16. The molecule has 0 spiro atoms. The number of aromatic nitrogens is 6. The first-order chi connectivity index (χ1) is 21.5. The highest BCUT2D eigenvalue weighted by molar-refractivity contribution is 7.15. The maximum absolute atomic E-state index is 5.64. The summed E-state index contributed by atoms with van der Waals surface area (Å²) in [5.74, 6) is 2.88. The Hall–Kier alpha value is -5.42. The average molecular weight is 603 g/mol. The number of ether oxygens (including phenoxy) is 2. The van der Waals surface area contributed by atoms with Crippen molar-refractivity contribution >= 4 is 44.7 Å². The van der Waals surface area contributed by atoms with Gasteiger partial charge < -0.3 is 24.7 Å². The van der Waals surface area contributed by atoms with E-state index in [1.165, 1.54) is 0 Å². The van der Waals surface area contributed by atoms with Crippen LogP contribution in [0.15, 0.2) is 84.5 Å². The van der Waals surface area contributed by atoms with Gasteiger partial charge >= 0.3 is 0 Å². The normalized spacial score (nSPS) is 11.3. The van der Waals surface area contributed by atoms with Crippen molar-refractivity contribution in [1.29, 1.82) is 0 Å². The molecule has 0 radical (unpaired) electrons. The summed E-state index contributed by atoms with van der Waals surface area (Å²) in [7, 11) is 7.33. The fourth-order valence-corrected chi connectivity index (χ4v) is 6.00. The molecule has 7 rings (SSSR count). The summed E-state index contributed by atoms with van der Waals surface area (Å²) < 4.78 is 13.3. The fourth-order valence-electron chi connectivity index (χ4n) is 5.29. The summed E-state index contributed by atoms with van der Waals surface area (Å²) in [5.41, 5.74) is 8.14. The molecule has 0 atom stereocenters. The maximum Gasteiger partial charge on any atom is 0.227 e. The van der Waals surface area contributed by atoms with Gasteiger partial charge in [-0.1, -0.05) is 24.3 Å². The minimum absolute atomic E-state index is 0.458. The van der Waals surface area contributed by atoms with Gasteiger partial charge in [-0.15, -0.1) is 11.3 Å². The summed E-state index contributed by atoms with van der Waals surface area (Å²) in [6.07, 6.45) is 4.41. The Bertz CT molecular complexity index is 2110. The second kappa shape index (κ2) is 11.3. The van der Waals surface area contributed by atoms with Crippen molar-refractivity contribution in [1.82, 2.24) is 29.3 Å². The Kier molecular flexibility index (Phi) is 7.07. The second-order valence-corrected chi connectivity index (χ2v) is 11.3. The molecule has 0 aliphatic carbocycles. The molecule has 2 N–H and O–H groups in total. The van der Waals surface area contributed by atoms with Crippen LogP contribution in [0.4, 0.5) is 17.3 Å². The predicted molar refractivity (Wildman–Crippen MR) is 176 cm³/mol. The third-order valence-electron chi connectivity index (χ3n) is 7.46. The number of fused-ring (bicyclic) bond motifs is 2. The molecule has 3 aromatic carbocycles. The van der Waals surface area contributed by atoms with E-state index in [2.05, 4.69) is 37.9 Å². The Morgan fingerprint density at radius 1 is 0.932 bits per heavy atom. The lowest BCUT2D eigenvalue weighted by molar-refractivity contribution is 0.410. The molecule has 4 aromatic heterocycles. The largest absolute Gasteiger partial charge is 0.496 e. The highest BCUT2D eigenvalue weighted by Gasteiger charge is 2.20. The van der Waals surface area contributed by atoms with Crippen LogP contribution in [-0.2, 0) is 6.42 Å². The van der Waals surface area contributed by atoms with E-state index < -0.39 is 0 Å². The lowest BCUT2D eigenvalue weighted by atomic mass is 10.1. The van der Waals surface area contributed by atoms with Gasteiger partial charge in [0.2, 0.25) is 5.95 Å². The Morgan fingerprint density at radius 3 is 2.64 bits per heavy atom. The summed E-state index contributed by atoms with van der Waals surface area (Å²) in [6.45, 7) is 0. The standard InChI is InChI=1S/C33H30N8O2S/c1-40(2)22-10-12-24(28(19-22)43-4)37-32-34-14-13-25(38-32)31-30(39-33-41(31)15-16-44-33)21-9-11-23-26(17-21)36-29(35-23)18-20-7-5-6-8-27(20)42-3/h5-17,19H,18H2,1-4H3,(H,35,36)(H,34,37,38). The maximum atomic E-state index is 5.64. The number of nitrogens with zero attached hydrogens (tertiary/aromatic N) is 6. The molecule has 11 heteroatoms. The van der Waals surface area contributed by atoms with Crippen LogP contribution in [0.25, 0.3) is 38.6 Å². The molecular formula is C33H30N8O2S. The molecule has 0 saturated heterocycles. The molecule has 10 nitrogen and oxygen atoms in total. The lowest BCUT2D eigenvalue weighted by Crippen LogP contribution is -2.09. The number of rotatable bonds is 9. The van der Waals surface area contributed by atoms with Crippen LogP contribution < -0.4 is 19.7 Å². The van der Waals surface area contributed by atoms with Crippen molar-refractivity contribution in [2.45, 2.75) is 6.42 Å². The van der Waals surface area contributed by atoms with Crippen molar-refractivity contribution in [3.63, 3.8) is 0 Å². The Labute approximate surface area is 258 Å². The van der Waals surface area contributed by atoms with Crippen molar-refractivity contribution in [3.05, 3.63) is 95.9 Å². The zero-order valence-corrected chi connectivity index (χ0v) is 25.5. The molecule has 220 valence electrons. The number of thiazole rings is 1. The fraction of sp³-hybridized carbons (Fsp3) is 0.152. The van der Waals surface area contributed by atoms with Crippen molar-refractivity contribution in [2.24, 2.45) is 0 Å². The highest BCUT2D eigenvalue weighted by atomic mass is 32.1. The van der Waals surface area contributed by atoms with Gasteiger partial charge in [-0.3, -0.25) is 4.40 Å². The number of aromatic amines is 1. The van der Waals surface area contributed by atoms with E-state index in [4.69, 9.17) is 24.4 Å². The summed E-state index contributed by atoms with van der Waals surface area (Å²) in [6, 6.07) is 22.1. The second-order valence-electron chi connectivity index (χ2n) is 10.4. The zero-order valence-electron chi connectivity index (χ0n) is 24.7. The molecule has 0 saturated carbocycles. The molecule has 4 heterocycles. The number of methoxy groups -OCH3 is 2. The van der Waals surface area contributed by atoms with Crippen LogP contribution in [0.1, 0.15) is 11.4 Å². The number of H-pyrrole nitrogens is 1. The van der Waals surface area contributed by atoms with E-state index in [9.17, 15) is 0 Å². The monoisotopic (exact) mass is 602 g/mol. The number of nitrogens with one attached hydrogen (secondary N) is 2. The van der Waals surface area contributed by atoms with E-state index >= 15 is 0 Å². The Balaban J connectivity index is 1.24. The average Bonchev–Trinajstić information content (AvgIpc) is 3.75. The van der Waals surface area contributed by atoms with E-state index in [0.717, 1.165) is 67.2 Å². The van der Waals surface area contributed by atoms with Crippen LogP contribution in [0, 0.1) is 0 Å². The quantitative estimate of drug-likeness (QED) is 0.186. The van der Waals surface area contributed by atoms with Gasteiger partial charge in [-0.2, -0.15) is 0 Å². The van der Waals surface area contributed by atoms with Gasteiger partial charge in [-0.25, -0.2) is 19.9 Å². The van der Waals surface area contributed by atoms with Crippen LogP contribution in [0.5, 0.6) is 11.5 Å². The summed E-state index contributed by atoms with van der Waals surface area (Å²) >= 11 is 1.58. The molecular weight excluding hydrogens is 572 g/mol. The first-order valence-electron chi connectivity index (χ1n) is 14.0. The number of anilines is 3. The van der Waals surface area contributed by atoms with Gasteiger partial charge in [0.1, 0.15) is 23.0 Å². The smallest absolute Gasteiger partial charge is 0.227 e. The minimum Gasteiger partial charge on any atom is -0.496 e. The summed E-state index contributed by atoms with van der Waals surface area (Å²) in [4.78, 5) is 25.7. The first-order valence-corrected chi connectivity index (χ1v) is 14.9. The molecule has 0 bridgehead atoms. The minimum atomic E-state index is 0.458. The van der Waals surface area contributed by atoms with E-state index in [1.54, 1.807) is 31.8 Å². The topological polar surface area (TPSA) is 105 Å². The molecule has 0 unspecified atom stereocenters. The molecule has 0 aliphatic rings. The molecule has 0 aliphatic heterocycles. The number of para-hydroxylation sites is 1. The molecule has 44 heavy (non-hydrogen) atoms. The van der Waals surface area contributed by atoms with Crippen molar-refractivity contribution in [3.8, 4) is 34.1 Å². The van der Waals surface area contributed by atoms with E-state index in [0.29, 0.717) is 18.1 Å². The van der Waals surface area contributed by atoms with Gasteiger partial charge in [-0.05, 0) is 36.4 Å². The van der Waals surface area contributed by atoms with Crippen LogP contribution >= 0.6 is 11.3 Å². The third kappa shape index (κ3) is 5.07. The van der Waals surface area contributed by atoms with Gasteiger partial charge in [0.05, 0.1) is 42.3 Å². The predicted octanol–water partition coefficient (Wildman–Crippen LogP) is 6.81. The molecule has 0 amide bonds. The number of imidazole rings is 2.